The summed E-state index contributed by atoms with van der Waals surface area (Å²) in [5, 5.41) is 5.01. The molecule has 0 atom stereocenters. The summed E-state index contributed by atoms with van der Waals surface area (Å²) in [6, 6.07) is 12.4. The molecule has 0 saturated heterocycles. The van der Waals surface area contributed by atoms with E-state index in [2.05, 4.69) is 10.1 Å². The summed E-state index contributed by atoms with van der Waals surface area (Å²) in [7, 11) is 1.71. The molecule has 0 aliphatic heterocycles. The summed E-state index contributed by atoms with van der Waals surface area (Å²) in [5.41, 5.74) is 2.27. The zero-order valence-corrected chi connectivity index (χ0v) is 14.6. The summed E-state index contributed by atoms with van der Waals surface area (Å²) < 4.78 is 10.3. The third-order valence-electron chi connectivity index (χ3n) is 4.03. The van der Waals surface area contributed by atoms with Crippen LogP contribution in [0.1, 0.15) is 16.1 Å². The lowest BCUT2D eigenvalue weighted by Crippen LogP contribution is -2.26. The van der Waals surface area contributed by atoms with E-state index in [9.17, 15) is 4.79 Å². The molecular weight excluding hydrogens is 354 g/mol. The van der Waals surface area contributed by atoms with Gasteiger partial charge in [-0.3, -0.25) is 4.79 Å². The summed E-state index contributed by atoms with van der Waals surface area (Å²) >= 11 is 6.32. The van der Waals surface area contributed by atoms with E-state index in [0.717, 1.165) is 0 Å². The number of aromatic nitrogens is 2. The Morgan fingerprint density at radius 1 is 1.19 bits per heavy atom. The minimum absolute atomic E-state index is 0.171. The first kappa shape index (κ1) is 16.4. The van der Waals surface area contributed by atoms with E-state index in [-0.39, 0.29) is 5.91 Å². The molecule has 0 fully saturated rings. The number of hydrogen-bond donors (Lipinski definition) is 0. The van der Waals surface area contributed by atoms with Crippen LogP contribution in [0.3, 0.4) is 0 Å². The molecule has 3 aromatic heterocycles. The number of benzene rings is 1. The summed E-state index contributed by atoms with van der Waals surface area (Å²) in [5.74, 6) is 0.399. The second kappa shape index (κ2) is 6.65. The van der Waals surface area contributed by atoms with Gasteiger partial charge in [0.1, 0.15) is 17.7 Å². The summed E-state index contributed by atoms with van der Waals surface area (Å²) in [6.45, 7) is 0.329. The number of furan rings is 1. The topological polar surface area (TPSA) is 72.4 Å². The Kier molecular flexibility index (Phi) is 4.18. The van der Waals surface area contributed by atoms with E-state index in [4.69, 9.17) is 20.5 Å². The third-order valence-corrected chi connectivity index (χ3v) is 4.34. The molecule has 7 heteroatoms. The Hall–Kier alpha value is -3.12. The quantitative estimate of drug-likeness (QED) is 0.534. The molecule has 0 spiro atoms. The van der Waals surface area contributed by atoms with Crippen LogP contribution in [0.25, 0.3) is 22.4 Å². The van der Waals surface area contributed by atoms with Gasteiger partial charge in [0.05, 0.1) is 28.9 Å². The van der Waals surface area contributed by atoms with Gasteiger partial charge in [-0.1, -0.05) is 28.9 Å². The molecule has 0 N–H and O–H groups in total. The van der Waals surface area contributed by atoms with Crippen LogP contribution in [0.4, 0.5) is 0 Å². The maximum absolute atomic E-state index is 13.1. The van der Waals surface area contributed by atoms with Gasteiger partial charge in [0.15, 0.2) is 5.76 Å². The molecule has 1 aromatic carbocycles. The van der Waals surface area contributed by atoms with Gasteiger partial charge in [0.25, 0.3) is 5.91 Å². The highest BCUT2D eigenvalue weighted by Crippen LogP contribution is 2.30. The number of carbonyl (C=O) groups excluding carboxylic acids is 1. The lowest BCUT2D eigenvalue weighted by molar-refractivity contribution is 0.0784. The molecule has 4 rings (SSSR count). The lowest BCUT2D eigenvalue weighted by Gasteiger charge is -2.17. The van der Waals surface area contributed by atoms with Crippen LogP contribution in [0, 0.1) is 0 Å². The molecule has 0 saturated carbocycles. The highest BCUT2D eigenvalue weighted by Gasteiger charge is 2.20. The number of amides is 1. The van der Waals surface area contributed by atoms with Crippen LogP contribution in [-0.2, 0) is 6.54 Å². The SMILES string of the molecule is CN(Cc1ccon1)C(=O)c1cc(-c2ccco2)nc2c(Cl)cccc12. The number of halogens is 1. The van der Waals surface area contributed by atoms with Gasteiger partial charge in [0, 0.05) is 18.5 Å². The lowest BCUT2D eigenvalue weighted by atomic mass is 10.1. The maximum Gasteiger partial charge on any atom is 0.254 e. The molecule has 1 amide bonds. The fourth-order valence-corrected chi connectivity index (χ4v) is 3.00. The molecule has 0 unspecified atom stereocenters. The van der Waals surface area contributed by atoms with E-state index >= 15 is 0 Å². The van der Waals surface area contributed by atoms with Crippen LogP contribution >= 0.6 is 11.6 Å². The van der Waals surface area contributed by atoms with E-state index in [1.807, 2.05) is 6.07 Å². The van der Waals surface area contributed by atoms with E-state index < -0.39 is 0 Å². The largest absolute Gasteiger partial charge is 0.463 e. The Bertz CT molecular complexity index is 1060. The fraction of sp³-hybridized carbons (Fsp3) is 0.105. The van der Waals surface area contributed by atoms with Crippen molar-refractivity contribution >= 4 is 28.4 Å². The molecule has 4 aromatic rings. The van der Waals surface area contributed by atoms with Crippen molar-refractivity contribution in [2.24, 2.45) is 0 Å². The van der Waals surface area contributed by atoms with Gasteiger partial charge in [-0.2, -0.15) is 0 Å². The number of para-hydroxylation sites is 1. The van der Waals surface area contributed by atoms with Gasteiger partial charge in [0.2, 0.25) is 0 Å². The number of carbonyl (C=O) groups is 1. The minimum atomic E-state index is -0.171. The first-order chi connectivity index (χ1) is 12.6. The highest BCUT2D eigenvalue weighted by molar-refractivity contribution is 6.35. The van der Waals surface area contributed by atoms with Crippen molar-refractivity contribution in [3.8, 4) is 11.5 Å². The van der Waals surface area contributed by atoms with Crippen molar-refractivity contribution in [2.75, 3.05) is 7.05 Å². The van der Waals surface area contributed by atoms with E-state index in [0.29, 0.717) is 45.2 Å². The second-order valence-electron chi connectivity index (χ2n) is 5.82. The predicted octanol–water partition coefficient (Wildman–Crippen LogP) is 4.41. The molecule has 0 aliphatic rings. The molecule has 0 radical (unpaired) electrons. The van der Waals surface area contributed by atoms with Crippen LogP contribution in [0.5, 0.6) is 0 Å². The van der Waals surface area contributed by atoms with Gasteiger partial charge in [-0.25, -0.2) is 4.98 Å². The van der Waals surface area contributed by atoms with Gasteiger partial charge in [-0.15, -0.1) is 0 Å². The van der Waals surface area contributed by atoms with Crippen molar-refractivity contribution in [1.29, 1.82) is 0 Å². The van der Waals surface area contributed by atoms with Crippen LogP contribution in [0.15, 0.2) is 63.9 Å². The number of hydrogen-bond acceptors (Lipinski definition) is 5. The average molecular weight is 368 g/mol. The van der Waals surface area contributed by atoms with Crippen molar-refractivity contribution in [3.05, 3.63) is 71.3 Å². The number of rotatable bonds is 4. The zero-order chi connectivity index (χ0) is 18.1. The van der Waals surface area contributed by atoms with E-state index in [1.165, 1.54) is 6.26 Å². The zero-order valence-electron chi connectivity index (χ0n) is 13.8. The standard InChI is InChI=1S/C19H14ClN3O3/c1-23(11-12-7-9-26-22-12)19(24)14-10-16(17-6-3-8-25-17)21-18-13(14)4-2-5-15(18)20/h2-10H,11H2,1H3. The number of nitrogens with zero attached hydrogens (tertiary/aromatic N) is 3. The Labute approximate surface area is 154 Å². The summed E-state index contributed by atoms with van der Waals surface area (Å²) in [6.07, 6.45) is 3.04. The fourth-order valence-electron chi connectivity index (χ4n) is 2.78. The van der Waals surface area contributed by atoms with Gasteiger partial charge >= 0.3 is 0 Å². The molecular formula is C19H14ClN3O3. The molecule has 3 heterocycles. The van der Waals surface area contributed by atoms with Gasteiger partial charge < -0.3 is 13.8 Å². The Morgan fingerprint density at radius 2 is 2.08 bits per heavy atom. The number of pyridine rings is 1. The minimum Gasteiger partial charge on any atom is -0.463 e. The average Bonchev–Trinajstić information content (AvgIpc) is 3.34. The van der Waals surface area contributed by atoms with Crippen molar-refractivity contribution < 1.29 is 13.7 Å². The first-order valence-corrected chi connectivity index (χ1v) is 8.29. The second-order valence-corrected chi connectivity index (χ2v) is 6.23. The molecule has 130 valence electrons. The Morgan fingerprint density at radius 3 is 2.81 bits per heavy atom. The van der Waals surface area contributed by atoms with Crippen molar-refractivity contribution in [2.45, 2.75) is 6.54 Å². The molecule has 26 heavy (non-hydrogen) atoms. The van der Waals surface area contributed by atoms with E-state index in [1.54, 1.807) is 54.6 Å². The smallest absolute Gasteiger partial charge is 0.254 e. The number of fused-ring (bicyclic) bond motifs is 1. The normalized spacial score (nSPS) is 11.0. The van der Waals surface area contributed by atoms with Crippen LogP contribution in [0.2, 0.25) is 5.02 Å². The third kappa shape index (κ3) is 2.95. The van der Waals surface area contributed by atoms with Crippen molar-refractivity contribution in [3.63, 3.8) is 0 Å². The molecule has 0 aliphatic carbocycles. The van der Waals surface area contributed by atoms with Crippen LogP contribution in [-0.4, -0.2) is 28.0 Å². The molecule has 0 bridgehead atoms. The summed E-state index contributed by atoms with van der Waals surface area (Å²) in [4.78, 5) is 19.2. The highest BCUT2D eigenvalue weighted by atomic mass is 35.5. The molecule has 6 nitrogen and oxygen atoms in total. The monoisotopic (exact) mass is 367 g/mol. The Balaban J connectivity index is 1.82. The van der Waals surface area contributed by atoms with Crippen LogP contribution < -0.4 is 0 Å². The first-order valence-electron chi connectivity index (χ1n) is 7.91. The predicted molar refractivity (Wildman–Crippen MR) is 96.8 cm³/mol. The van der Waals surface area contributed by atoms with Gasteiger partial charge in [-0.05, 0) is 24.3 Å². The maximum atomic E-state index is 13.1. The van der Waals surface area contributed by atoms with Crippen molar-refractivity contribution in [1.82, 2.24) is 15.0 Å².